The predicted molar refractivity (Wildman–Crippen MR) is 89.8 cm³/mol. The van der Waals surface area contributed by atoms with Crippen LogP contribution in [-0.4, -0.2) is 5.97 Å². The van der Waals surface area contributed by atoms with Gasteiger partial charge in [0, 0.05) is 6.08 Å². The molecule has 2 nitrogen and oxygen atoms in total. The lowest BCUT2D eigenvalue weighted by Crippen LogP contribution is -2.03. The quantitative estimate of drug-likeness (QED) is 0.394. The number of benzene rings is 3. The van der Waals surface area contributed by atoms with Crippen LogP contribution in [0, 0.1) is 6.92 Å². The molecule has 0 bridgehead atoms. The molecule has 0 atom stereocenters. The van der Waals surface area contributed by atoms with Gasteiger partial charge in [-0.05, 0) is 41.5 Å². The number of rotatable bonds is 3. The van der Waals surface area contributed by atoms with Crippen LogP contribution in [0.4, 0.5) is 0 Å². The second kappa shape index (κ2) is 6.27. The highest BCUT2D eigenvalue weighted by atomic mass is 16.5. The molecule has 0 unspecified atom stereocenters. The minimum absolute atomic E-state index is 0.378. The Morgan fingerprint density at radius 2 is 1.64 bits per heavy atom. The number of fused-ring (bicyclic) bond motifs is 1. The zero-order valence-corrected chi connectivity index (χ0v) is 12.3. The van der Waals surface area contributed by atoms with Gasteiger partial charge in [0.1, 0.15) is 5.75 Å². The van der Waals surface area contributed by atoms with Crippen molar-refractivity contribution in [1.29, 1.82) is 0 Å². The fraction of sp³-hybridized carbons (Fsp3) is 0.0500. The first-order valence-electron chi connectivity index (χ1n) is 7.17. The lowest BCUT2D eigenvalue weighted by atomic mass is 10.0. The third kappa shape index (κ3) is 3.23. The second-order valence-corrected chi connectivity index (χ2v) is 5.14. The maximum atomic E-state index is 11.9. The molecule has 0 fully saturated rings. The highest BCUT2D eigenvalue weighted by molar-refractivity contribution is 5.95. The van der Waals surface area contributed by atoms with E-state index in [-0.39, 0.29) is 5.97 Å². The monoisotopic (exact) mass is 288 g/mol. The van der Waals surface area contributed by atoms with Crippen LogP contribution in [0.5, 0.6) is 5.75 Å². The average molecular weight is 288 g/mol. The van der Waals surface area contributed by atoms with Gasteiger partial charge in [0.05, 0.1) is 0 Å². The fourth-order valence-corrected chi connectivity index (χ4v) is 2.31. The number of aryl methyl sites for hydroxylation is 1. The zero-order chi connectivity index (χ0) is 15.4. The molecule has 0 saturated carbocycles. The number of carbonyl (C=O) groups excluding carboxylic acids is 1. The first-order chi connectivity index (χ1) is 10.7. The van der Waals surface area contributed by atoms with Crippen molar-refractivity contribution in [2.45, 2.75) is 6.92 Å². The largest absolute Gasteiger partial charge is 0.423 e. The van der Waals surface area contributed by atoms with E-state index in [4.69, 9.17) is 4.74 Å². The second-order valence-electron chi connectivity index (χ2n) is 5.14. The van der Waals surface area contributed by atoms with E-state index < -0.39 is 0 Å². The van der Waals surface area contributed by atoms with Gasteiger partial charge in [0.2, 0.25) is 0 Å². The van der Waals surface area contributed by atoms with Gasteiger partial charge in [-0.1, -0.05) is 60.2 Å². The molecular formula is C20H16O2. The summed E-state index contributed by atoms with van der Waals surface area (Å²) in [5.41, 5.74) is 2.13. The van der Waals surface area contributed by atoms with Crippen molar-refractivity contribution in [1.82, 2.24) is 0 Å². The van der Waals surface area contributed by atoms with Crippen molar-refractivity contribution in [3.8, 4) is 5.75 Å². The lowest BCUT2D eigenvalue weighted by molar-refractivity contribution is -0.128. The van der Waals surface area contributed by atoms with Crippen LogP contribution in [0.15, 0.2) is 72.8 Å². The van der Waals surface area contributed by atoms with Crippen molar-refractivity contribution >= 4 is 22.8 Å². The van der Waals surface area contributed by atoms with Gasteiger partial charge in [-0.25, -0.2) is 4.79 Å². The van der Waals surface area contributed by atoms with Gasteiger partial charge in [0.25, 0.3) is 0 Å². The Balaban J connectivity index is 1.78. The van der Waals surface area contributed by atoms with Gasteiger partial charge in [-0.15, -0.1) is 0 Å². The molecule has 2 heteroatoms. The number of carbonyl (C=O) groups is 1. The summed E-state index contributed by atoms with van der Waals surface area (Å²) in [5.74, 6) is 0.176. The zero-order valence-electron chi connectivity index (χ0n) is 12.3. The van der Waals surface area contributed by atoms with E-state index >= 15 is 0 Å². The summed E-state index contributed by atoms with van der Waals surface area (Å²) in [6, 6.07) is 21.5. The number of ether oxygens (including phenoxy) is 1. The normalized spacial score (nSPS) is 11.0. The van der Waals surface area contributed by atoms with Crippen LogP contribution in [0.2, 0.25) is 0 Å². The van der Waals surface area contributed by atoms with Gasteiger partial charge < -0.3 is 4.74 Å². The smallest absolute Gasteiger partial charge is 0.336 e. The minimum atomic E-state index is -0.378. The summed E-state index contributed by atoms with van der Waals surface area (Å²) in [5, 5.41) is 2.26. The van der Waals surface area contributed by atoms with E-state index in [1.807, 2.05) is 49.4 Å². The standard InChI is InChI=1S/C20H16O2/c1-15-9-12-18(13-10-15)22-20(21)14-11-17-7-4-6-16-5-2-3-8-19(16)17/h2-14H,1H3/b14-11+. The first-order valence-corrected chi connectivity index (χ1v) is 7.17. The Hall–Kier alpha value is -2.87. The number of hydrogen-bond acceptors (Lipinski definition) is 2. The third-order valence-corrected chi connectivity index (χ3v) is 3.46. The van der Waals surface area contributed by atoms with E-state index in [1.165, 1.54) is 6.08 Å². The Morgan fingerprint density at radius 3 is 2.45 bits per heavy atom. The van der Waals surface area contributed by atoms with E-state index in [0.29, 0.717) is 5.75 Å². The van der Waals surface area contributed by atoms with Gasteiger partial charge in [-0.2, -0.15) is 0 Å². The van der Waals surface area contributed by atoms with Gasteiger partial charge in [0.15, 0.2) is 0 Å². The van der Waals surface area contributed by atoms with Gasteiger partial charge >= 0.3 is 5.97 Å². The topological polar surface area (TPSA) is 26.3 Å². The molecule has 0 aliphatic rings. The minimum Gasteiger partial charge on any atom is -0.423 e. The molecule has 0 N–H and O–H groups in total. The Labute approximate surface area is 129 Å². The van der Waals surface area contributed by atoms with Crippen LogP contribution >= 0.6 is 0 Å². The fourth-order valence-electron chi connectivity index (χ4n) is 2.31. The average Bonchev–Trinajstić information content (AvgIpc) is 2.55. The molecule has 0 aliphatic carbocycles. The molecule has 0 radical (unpaired) electrons. The Bertz CT molecular complexity index is 824. The number of esters is 1. The molecule has 22 heavy (non-hydrogen) atoms. The highest BCUT2D eigenvalue weighted by Crippen LogP contribution is 2.19. The maximum Gasteiger partial charge on any atom is 0.336 e. The summed E-state index contributed by atoms with van der Waals surface area (Å²) < 4.78 is 5.28. The summed E-state index contributed by atoms with van der Waals surface area (Å²) in [6.07, 6.45) is 3.25. The van der Waals surface area contributed by atoms with Gasteiger partial charge in [-0.3, -0.25) is 0 Å². The molecular weight excluding hydrogens is 272 g/mol. The van der Waals surface area contributed by atoms with Crippen molar-refractivity contribution < 1.29 is 9.53 Å². The first kappa shape index (κ1) is 14.1. The van der Waals surface area contributed by atoms with Crippen molar-refractivity contribution in [2.75, 3.05) is 0 Å². The maximum absolute atomic E-state index is 11.9. The Morgan fingerprint density at radius 1 is 0.909 bits per heavy atom. The van der Waals surface area contributed by atoms with Crippen molar-refractivity contribution in [2.24, 2.45) is 0 Å². The van der Waals surface area contributed by atoms with Crippen LogP contribution in [0.25, 0.3) is 16.8 Å². The molecule has 0 spiro atoms. The highest BCUT2D eigenvalue weighted by Gasteiger charge is 2.01. The molecule has 108 valence electrons. The number of hydrogen-bond donors (Lipinski definition) is 0. The Kier molecular flexibility index (Phi) is 4.01. The molecule has 0 aromatic heterocycles. The molecule has 3 aromatic rings. The van der Waals surface area contributed by atoms with E-state index in [2.05, 4.69) is 12.1 Å². The predicted octanol–water partition coefficient (Wildman–Crippen LogP) is 4.77. The molecule has 0 amide bonds. The molecule has 3 aromatic carbocycles. The van der Waals surface area contributed by atoms with Crippen molar-refractivity contribution in [3.05, 3.63) is 83.9 Å². The van der Waals surface area contributed by atoms with Crippen LogP contribution in [0.3, 0.4) is 0 Å². The van der Waals surface area contributed by atoms with E-state index in [0.717, 1.165) is 21.9 Å². The van der Waals surface area contributed by atoms with Crippen molar-refractivity contribution in [3.63, 3.8) is 0 Å². The summed E-state index contributed by atoms with van der Waals surface area (Å²) in [6.45, 7) is 1.99. The summed E-state index contributed by atoms with van der Waals surface area (Å²) in [7, 11) is 0. The SMILES string of the molecule is Cc1ccc(OC(=O)/C=C/c2cccc3ccccc23)cc1. The van der Waals surface area contributed by atoms with E-state index in [9.17, 15) is 4.79 Å². The van der Waals surface area contributed by atoms with Crippen LogP contribution in [-0.2, 0) is 4.79 Å². The van der Waals surface area contributed by atoms with E-state index in [1.54, 1.807) is 18.2 Å². The summed E-state index contributed by atoms with van der Waals surface area (Å²) in [4.78, 5) is 11.9. The summed E-state index contributed by atoms with van der Waals surface area (Å²) >= 11 is 0. The van der Waals surface area contributed by atoms with Crippen LogP contribution < -0.4 is 4.74 Å². The van der Waals surface area contributed by atoms with Crippen LogP contribution in [0.1, 0.15) is 11.1 Å². The molecule has 0 heterocycles. The lowest BCUT2D eigenvalue weighted by Gasteiger charge is -2.03. The molecule has 3 rings (SSSR count). The molecule has 0 aliphatic heterocycles. The third-order valence-electron chi connectivity index (χ3n) is 3.46. The molecule has 0 saturated heterocycles.